The van der Waals surface area contributed by atoms with Crippen LogP contribution >= 0.6 is 11.3 Å². The number of hydrazine groups is 1. The fraction of sp³-hybridized carbons (Fsp3) is 0.465. The molecule has 0 saturated carbocycles. The molecule has 5 amide bonds. The van der Waals surface area contributed by atoms with E-state index in [1.165, 1.54) is 18.4 Å². The molecule has 59 heavy (non-hydrogen) atoms. The van der Waals surface area contributed by atoms with E-state index in [-0.39, 0.29) is 25.5 Å². The number of carbonyl (C=O) groups excluding carboxylic acids is 4. The van der Waals surface area contributed by atoms with Gasteiger partial charge in [0.25, 0.3) is 5.91 Å². The zero-order valence-corrected chi connectivity index (χ0v) is 36.0. The molecule has 0 radical (unpaired) electrons. The SMILES string of the molecule is COC(=O)NC(C(=O)NN(Cc1csc(-c2cccnc2)n1)CC(O)C(Cc1ccccc1)NC(=O)C(N1CCN(Cc2cccc(C)n2)C1=O)C(C)(C)C)C(C)(C)C. The van der Waals surface area contributed by atoms with Crippen molar-refractivity contribution >= 4 is 35.3 Å². The van der Waals surface area contributed by atoms with Gasteiger partial charge in [-0.05, 0) is 54.0 Å². The van der Waals surface area contributed by atoms with E-state index in [0.29, 0.717) is 25.3 Å². The first-order valence-corrected chi connectivity index (χ1v) is 20.6. The minimum Gasteiger partial charge on any atom is -0.453 e. The summed E-state index contributed by atoms with van der Waals surface area (Å²) in [6, 6.07) is 15.9. The van der Waals surface area contributed by atoms with Gasteiger partial charge in [0.15, 0.2) is 0 Å². The van der Waals surface area contributed by atoms with Crippen LogP contribution in [0.1, 0.15) is 64.2 Å². The minimum atomic E-state index is -1.24. The number of nitrogens with one attached hydrogen (secondary N) is 3. The lowest BCUT2D eigenvalue weighted by atomic mass is 9.84. The third kappa shape index (κ3) is 12.3. The minimum absolute atomic E-state index is 0.0825. The van der Waals surface area contributed by atoms with Gasteiger partial charge in [0, 0.05) is 48.7 Å². The number of alkyl carbamates (subject to hydrolysis) is 1. The number of aryl methyl sites for hydroxylation is 1. The fourth-order valence-corrected chi connectivity index (χ4v) is 7.86. The molecule has 1 fully saturated rings. The first kappa shape index (κ1) is 44.6. The summed E-state index contributed by atoms with van der Waals surface area (Å²) in [5, 5.41) is 22.0. The highest BCUT2D eigenvalue weighted by Crippen LogP contribution is 2.29. The average Bonchev–Trinajstić information content (AvgIpc) is 3.79. The van der Waals surface area contributed by atoms with Crippen LogP contribution in [0, 0.1) is 17.8 Å². The Bertz CT molecular complexity index is 2040. The number of carbonyl (C=O) groups is 4. The van der Waals surface area contributed by atoms with E-state index in [0.717, 1.165) is 27.5 Å². The second kappa shape index (κ2) is 19.5. The molecule has 4 heterocycles. The number of methoxy groups -OCH3 is 1. The summed E-state index contributed by atoms with van der Waals surface area (Å²) >= 11 is 1.42. The lowest BCUT2D eigenvalue weighted by Gasteiger charge is -2.38. The molecule has 1 aromatic carbocycles. The maximum Gasteiger partial charge on any atom is 0.407 e. The van der Waals surface area contributed by atoms with Crippen LogP contribution in [0.4, 0.5) is 9.59 Å². The molecule has 1 saturated heterocycles. The lowest BCUT2D eigenvalue weighted by molar-refractivity contribution is -0.133. The molecule has 16 heteroatoms. The topological polar surface area (TPSA) is 182 Å². The summed E-state index contributed by atoms with van der Waals surface area (Å²) < 4.78 is 4.82. The van der Waals surface area contributed by atoms with Gasteiger partial charge >= 0.3 is 12.1 Å². The summed E-state index contributed by atoms with van der Waals surface area (Å²) in [6.07, 6.45) is 1.64. The molecule has 1 aliphatic heterocycles. The van der Waals surface area contributed by atoms with Gasteiger partial charge in [-0.2, -0.15) is 0 Å². The fourth-order valence-electron chi connectivity index (χ4n) is 7.06. The van der Waals surface area contributed by atoms with Crippen molar-refractivity contribution in [3.05, 3.63) is 101 Å². The Kier molecular flexibility index (Phi) is 14.8. The van der Waals surface area contributed by atoms with Crippen LogP contribution in [-0.4, -0.2) is 110 Å². The van der Waals surface area contributed by atoms with Crippen molar-refractivity contribution in [2.75, 3.05) is 26.7 Å². The highest BCUT2D eigenvalue weighted by molar-refractivity contribution is 7.13. The van der Waals surface area contributed by atoms with Crippen LogP contribution in [0.3, 0.4) is 0 Å². The van der Waals surface area contributed by atoms with Crippen LogP contribution in [-0.2, 0) is 33.8 Å². The van der Waals surface area contributed by atoms with Gasteiger partial charge in [0.05, 0.1) is 43.7 Å². The average molecular weight is 828 g/mol. The number of aliphatic hydroxyl groups excluding tert-OH is 1. The van der Waals surface area contributed by atoms with E-state index < -0.39 is 53.0 Å². The molecule has 15 nitrogen and oxygen atoms in total. The summed E-state index contributed by atoms with van der Waals surface area (Å²) in [7, 11) is 1.22. The Labute approximate surface area is 350 Å². The standard InChI is InChI=1S/C43H57N9O6S/c1-28-14-12-18-31(45-28)24-50-20-21-52(41(50)57)36(43(5,6)7)38(55)47-33(22-29-15-10-9-11-16-29)34(53)26-51(49-37(54)35(42(2,3)4)48-40(56)58-8)25-32-27-59-39(46-32)30-17-13-19-44-23-30/h9-19,23,27,33-36,53H,20-22,24-26H2,1-8H3,(H,47,55)(H,48,56)(H,49,54). The van der Waals surface area contributed by atoms with Crippen molar-refractivity contribution in [2.24, 2.45) is 10.8 Å². The zero-order chi connectivity index (χ0) is 42.9. The Morgan fingerprint density at radius 3 is 2.31 bits per heavy atom. The molecule has 316 valence electrons. The summed E-state index contributed by atoms with van der Waals surface area (Å²) in [5.41, 5.74) is 5.45. The monoisotopic (exact) mass is 827 g/mol. The Hall–Kier alpha value is -5.45. The molecule has 1 aliphatic rings. The quantitative estimate of drug-likeness (QED) is 0.113. The highest BCUT2D eigenvalue weighted by Gasteiger charge is 2.44. The number of amides is 5. The van der Waals surface area contributed by atoms with E-state index in [9.17, 15) is 24.3 Å². The zero-order valence-electron chi connectivity index (χ0n) is 35.1. The molecule has 4 aromatic rings. The number of ether oxygens (including phenoxy) is 1. The maximum absolute atomic E-state index is 14.6. The number of urea groups is 1. The van der Waals surface area contributed by atoms with Crippen LogP contribution in [0.5, 0.6) is 0 Å². The number of thiazole rings is 1. The molecule has 0 bridgehead atoms. The number of hydrogen-bond acceptors (Lipinski definition) is 11. The van der Waals surface area contributed by atoms with Gasteiger partial charge in [-0.25, -0.2) is 19.6 Å². The normalized spacial score (nSPS) is 15.4. The second-order valence-corrected chi connectivity index (χ2v) is 17.8. The molecular formula is C43H57N9O6S. The largest absolute Gasteiger partial charge is 0.453 e. The van der Waals surface area contributed by atoms with Gasteiger partial charge in [-0.15, -0.1) is 11.3 Å². The smallest absolute Gasteiger partial charge is 0.407 e. The van der Waals surface area contributed by atoms with Crippen molar-refractivity contribution < 1.29 is 29.0 Å². The highest BCUT2D eigenvalue weighted by atomic mass is 32.1. The Morgan fingerprint density at radius 2 is 1.66 bits per heavy atom. The molecule has 3 aromatic heterocycles. The first-order chi connectivity index (χ1) is 27.9. The van der Waals surface area contributed by atoms with Gasteiger partial charge in [-0.3, -0.25) is 25.0 Å². The van der Waals surface area contributed by atoms with E-state index in [1.54, 1.807) is 27.2 Å². The summed E-state index contributed by atoms with van der Waals surface area (Å²) in [5.74, 6) is -0.945. The number of aliphatic hydroxyl groups is 1. The van der Waals surface area contributed by atoms with Crippen molar-refractivity contribution in [3.63, 3.8) is 0 Å². The number of hydrogen-bond donors (Lipinski definition) is 4. The van der Waals surface area contributed by atoms with Gasteiger partial charge in [0.1, 0.15) is 17.1 Å². The van der Waals surface area contributed by atoms with E-state index >= 15 is 0 Å². The summed E-state index contributed by atoms with van der Waals surface area (Å²) in [4.78, 5) is 71.7. The number of rotatable bonds is 16. The summed E-state index contributed by atoms with van der Waals surface area (Å²) in [6.45, 7) is 14.1. The maximum atomic E-state index is 14.6. The van der Waals surface area contributed by atoms with Crippen LogP contribution in [0.25, 0.3) is 10.6 Å². The lowest BCUT2D eigenvalue weighted by Crippen LogP contribution is -2.61. The number of pyridine rings is 2. The number of aromatic nitrogens is 3. The van der Waals surface area contributed by atoms with Gasteiger partial charge in [-0.1, -0.05) is 77.9 Å². The Balaban J connectivity index is 1.42. The molecule has 5 rings (SSSR count). The van der Waals surface area contributed by atoms with Gasteiger partial charge in [0.2, 0.25) is 5.91 Å². The Morgan fingerprint density at radius 1 is 0.915 bits per heavy atom. The predicted octanol–water partition coefficient (Wildman–Crippen LogP) is 4.95. The molecule has 0 spiro atoms. The van der Waals surface area contributed by atoms with E-state index in [1.807, 2.05) is 115 Å². The van der Waals surface area contributed by atoms with Crippen LogP contribution in [0.2, 0.25) is 0 Å². The van der Waals surface area contributed by atoms with Crippen molar-refractivity contribution in [1.82, 2.24) is 45.8 Å². The van der Waals surface area contributed by atoms with E-state index in [4.69, 9.17) is 9.72 Å². The van der Waals surface area contributed by atoms with Crippen molar-refractivity contribution in [1.29, 1.82) is 0 Å². The molecule has 4 N–H and O–H groups in total. The third-order valence-electron chi connectivity index (χ3n) is 9.96. The van der Waals surface area contributed by atoms with Gasteiger partial charge < -0.3 is 30.3 Å². The number of nitrogens with zero attached hydrogens (tertiary/aromatic N) is 6. The van der Waals surface area contributed by atoms with Crippen molar-refractivity contribution in [2.45, 2.75) is 92.2 Å². The van der Waals surface area contributed by atoms with Crippen LogP contribution < -0.4 is 16.1 Å². The molecule has 4 atom stereocenters. The molecule has 0 aliphatic carbocycles. The van der Waals surface area contributed by atoms with Crippen LogP contribution in [0.15, 0.2) is 78.4 Å². The second-order valence-electron chi connectivity index (χ2n) is 17.0. The molecule has 4 unspecified atom stereocenters. The number of benzene rings is 1. The van der Waals surface area contributed by atoms with E-state index in [2.05, 4.69) is 26.0 Å². The third-order valence-corrected chi connectivity index (χ3v) is 10.9. The first-order valence-electron chi connectivity index (χ1n) is 19.7. The van der Waals surface area contributed by atoms with Crippen molar-refractivity contribution in [3.8, 4) is 10.6 Å². The molecular weight excluding hydrogens is 771 g/mol. The predicted molar refractivity (Wildman–Crippen MR) is 225 cm³/mol.